The Hall–Kier alpha value is -4.70. The van der Waals surface area contributed by atoms with Crippen LogP contribution < -0.4 is 15.4 Å². The van der Waals surface area contributed by atoms with Crippen LogP contribution in [0.15, 0.2) is 53.4 Å². The van der Waals surface area contributed by atoms with E-state index in [2.05, 4.69) is 0 Å². The highest BCUT2D eigenvalue weighted by Crippen LogP contribution is 2.37. The number of anilines is 1. The number of carbonyl (C=O) groups is 3. The number of ether oxygens (including phenoxy) is 1. The van der Waals surface area contributed by atoms with Gasteiger partial charge in [-0.3, -0.25) is 14.4 Å². The van der Waals surface area contributed by atoms with E-state index in [0.717, 1.165) is 11.8 Å². The number of nitrogens with zero attached hydrogens (tertiary/aromatic N) is 3. The van der Waals surface area contributed by atoms with Crippen molar-refractivity contribution in [2.24, 2.45) is 5.73 Å². The Kier molecular flexibility index (Phi) is 9.53. The highest BCUT2D eigenvalue weighted by molar-refractivity contribution is 8.00. The zero-order valence-electron chi connectivity index (χ0n) is 24.0. The number of carboxylic acid groups (broad SMARTS) is 1. The molecule has 0 radical (unpaired) electrons. The number of benzene rings is 3. The van der Waals surface area contributed by atoms with Crippen molar-refractivity contribution in [1.82, 2.24) is 4.90 Å². The minimum Gasteiger partial charge on any atom is -0.489 e. The largest absolute Gasteiger partial charge is 0.489 e. The number of nitriles is 1. The molecule has 9 nitrogen and oxygen atoms in total. The number of piperidine rings is 1. The van der Waals surface area contributed by atoms with Gasteiger partial charge in [0.15, 0.2) is 0 Å². The number of hydrogen-bond donors (Lipinski definition) is 2. The average molecular weight is 639 g/mol. The van der Waals surface area contributed by atoms with Crippen LogP contribution in [-0.4, -0.2) is 52.2 Å². The molecule has 1 fully saturated rings. The van der Waals surface area contributed by atoms with Gasteiger partial charge in [-0.1, -0.05) is 6.07 Å². The van der Waals surface area contributed by atoms with E-state index >= 15 is 8.78 Å². The van der Waals surface area contributed by atoms with Crippen molar-refractivity contribution in [3.05, 3.63) is 88.2 Å². The maximum absolute atomic E-state index is 15.1. The number of carboxylic acids is 1. The van der Waals surface area contributed by atoms with E-state index in [0.29, 0.717) is 37.2 Å². The molecule has 3 aromatic rings. The Morgan fingerprint density at radius 2 is 1.80 bits per heavy atom. The summed E-state index contributed by atoms with van der Waals surface area (Å²) in [6.07, 6.45) is 0.670. The number of rotatable bonds is 11. The van der Waals surface area contributed by atoms with Crippen LogP contribution in [0.5, 0.6) is 5.75 Å². The lowest BCUT2D eigenvalue weighted by Gasteiger charge is -2.33. The first-order chi connectivity index (χ1) is 21.5. The van der Waals surface area contributed by atoms with Crippen molar-refractivity contribution in [1.29, 1.82) is 5.26 Å². The number of hydrogen-bond acceptors (Lipinski definition) is 7. The molecule has 3 N–H and O–H groups in total. The molecule has 2 aliphatic heterocycles. The van der Waals surface area contributed by atoms with E-state index < -0.39 is 41.3 Å². The monoisotopic (exact) mass is 638 g/mol. The molecule has 2 aliphatic rings. The van der Waals surface area contributed by atoms with Crippen LogP contribution in [-0.2, 0) is 22.7 Å². The number of primary amides is 1. The molecule has 0 aliphatic carbocycles. The predicted octanol–water partition coefficient (Wildman–Crippen LogP) is 4.99. The summed E-state index contributed by atoms with van der Waals surface area (Å²) in [7, 11) is 0. The highest BCUT2D eigenvalue weighted by Gasteiger charge is 2.37. The predicted molar refractivity (Wildman–Crippen MR) is 159 cm³/mol. The van der Waals surface area contributed by atoms with E-state index in [1.165, 1.54) is 23.1 Å². The number of halogens is 3. The molecular weight excluding hydrogens is 609 g/mol. The summed E-state index contributed by atoms with van der Waals surface area (Å²) in [6, 6.07) is 12.2. The molecule has 2 heterocycles. The number of nitrogens with two attached hydrogens (primary N) is 1. The van der Waals surface area contributed by atoms with E-state index in [1.54, 1.807) is 30.3 Å². The van der Waals surface area contributed by atoms with Crippen molar-refractivity contribution < 1.29 is 37.4 Å². The van der Waals surface area contributed by atoms with E-state index in [4.69, 9.17) is 20.8 Å². The third-order valence-electron chi connectivity index (χ3n) is 7.89. The highest BCUT2D eigenvalue weighted by atomic mass is 32.2. The van der Waals surface area contributed by atoms with Gasteiger partial charge in [0.1, 0.15) is 35.8 Å². The SMILES string of the molecule is N#Cc1ccc(N2CCC(Sc3c(F)cc(COc4cccc5c4CN([C@@H](CCC(=O)O)C(N)=O)C5=O)cc3F)CC2)c(F)c1. The summed E-state index contributed by atoms with van der Waals surface area (Å²) >= 11 is 1.10. The molecule has 234 valence electrons. The Balaban J connectivity index is 1.21. The fraction of sp³-hybridized carbons (Fsp3) is 0.312. The van der Waals surface area contributed by atoms with Gasteiger partial charge in [0.05, 0.1) is 28.8 Å². The molecule has 0 saturated carbocycles. The van der Waals surface area contributed by atoms with Gasteiger partial charge in [-0.05, 0) is 67.3 Å². The molecule has 0 aromatic heterocycles. The van der Waals surface area contributed by atoms with E-state index in [9.17, 15) is 18.8 Å². The van der Waals surface area contributed by atoms with Gasteiger partial charge in [-0.15, -0.1) is 11.8 Å². The van der Waals surface area contributed by atoms with Crippen LogP contribution in [0.1, 0.15) is 52.7 Å². The number of carbonyl (C=O) groups excluding carboxylic acids is 2. The molecule has 5 rings (SSSR count). The Labute approximate surface area is 261 Å². The molecule has 2 amide bonds. The van der Waals surface area contributed by atoms with Crippen molar-refractivity contribution in [3.63, 3.8) is 0 Å². The minimum absolute atomic E-state index is 0.0352. The second-order valence-corrected chi connectivity index (χ2v) is 12.1. The lowest BCUT2D eigenvalue weighted by molar-refractivity contribution is -0.137. The summed E-state index contributed by atoms with van der Waals surface area (Å²) in [4.78, 5) is 39.0. The molecule has 13 heteroatoms. The fourth-order valence-electron chi connectivity index (χ4n) is 5.61. The Bertz CT molecular complexity index is 1670. The molecule has 1 saturated heterocycles. The van der Waals surface area contributed by atoms with Crippen LogP contribution >= 0.6 is 11.8 Å². The first-order valence-electron chi connectivity index (χ1n) is 14.2. The number of fused-ring (bicyclic) bond motifs is 1. The minimum atomic E-state index is -1.12. The fourth-order valence-corrected chi connectivity index (χ4v) is 6.73. The van der Waals surface area contributed by atoms with E-state index in [-0.39, 0.29) is 58.6 Å². The lowest BCUT2D eigenvalue weighted by Crippen LogP contribution is -2.45. The van der Waals surface area contributed by atoms with Gasteiger partial charge in [0, 0.05) is 35.9 Å². The Morgan fingerprint density at radius 1 is 1.09 bits per heavy atom. The topological polar surface area (TPSA) is 137 Å². The molecule has 0 unspecified atom stereocenters. The normalized spacial score (nSPS) is 15.5. The quantitative estimate of drug-likeness (QED) is 0.300. The van der Waals surface area contributed by atoms with Crippen LogP contribution in [0.2, 0.25) is 0 Å². The zero-order valence-corrected chi connectivity index (χ0v) is 24.8. The lowest BCUT2D eigenvalue weighted by atomic mass is 10.1. The van der Waals surface area contributed by atoms with Crippen molar-refractivity contribution in [3.8, 4) is 11.8 Å². The zero-order chi connectivity index (χ0) is 32.2. The van der Waals surface area contributed by atoms with Gasteiger partial charge in [-0.25, -0.2) is 13.2 Å². The first-order valence-corrected chi connectivity index (χ1v) is 15.1. The van der Waals surface area contributed by atoms with Gasteiger partial charge < -0.3 is 25.4 Å². The maximum Gasteiger partial charge on any atom is 0.303 e. The second kappa shape index (κ2) is 13.5. The van der Waals surface area contributed by atoms with Gasteiger partial charge in [-0.2, -0.15) is 5.26 Å². The van der Waals surface area contributed by atoms with Crippen LogP contribution in [0.25, 0.3) is 0 Å². The standard InChI is InChI=1S/C32H29F3N4O5S/c33-23-12-18(15-36)4-5-26(23)38-10-8-20(9-11-38)45-30-24(34)13-19(14-25(30)35)17-44-28-3-1-2-21-22(28)16-39(32(21)43)27(31(37)42)6-7-29(40)41/h1-5,12-14,20,27H,6-11,16-17H2,(H2,37,42)(H,40,41)/t27-/m0/s1. The second-order valence-electron chi connectivity index (χ2n) is 10.8. The molecule has 45 heavy (non-hydrogen) atoms. The number of aliphatic carboxylic acids is 1. The van der Waals surface area contributed by atoms with Gasteiger partial charge in [0.2, 0.25) is 5.91 Å². The van der Waals surface area contributed by atoms with Crippen LogP contribution in [0, 0.1) is 28.8 Å². The van der Waals surface area contributed by atoms with Crippen molar-refractivity contribution in [2.75, 3.05) is 18.0 Å². The average Bonchev–Trinajstić information content (AvgIpc) is 3.34. The third kappa shape index (κ3) is 7.01. The van der Waals surface area contributed by atoms with Gasteiger partial charge in [0.25, 0.3) is 5.91 Å². The summed E-state index contributed by atoms with van der Waals surface area (Å²) < 4.78 is 50.6. The molecule has 1 atom stereocenters. The molecule has 0 spiro atoms. The third-order valence-corrected chi connectivity index (χ3v) is 9.32. The van der Waals surface area contributed by atoms with Crippen LogP contribution in [0.4, 0.5) is 18.9 Å². The summed E-state index contributed by atoms with van der Waals surface area (Å²) in [6.45, 7) is 0.760. The van der Waals surface area contributed by atoms with E-state index in [1.807, 2.05) is 11.0 Å². The summed E-state index contributed by atoms with van der Waals surface area (Å²) in [5, 5.41) is 17.9. The van der Waals surface area contributed by atoms with Gasteiger partial charge >= 0.3 is 5.97 Å². The van der Waals surface area contributed by atoms with Crippen LogP contribution in [0.3, 0.4) is 0 Å². The maximum atomic E-state index is 15.1. The number of amides is 2. The Morgan fingerprint density at radius 3 is 2.42 bits per heavy atom. The van der Waals surface area contributed by atoms with Crippen molar-refractivity contribution >= 4 is 35.2 Å². The molecule has 0 bridgehead atoms. The first kappa shape index (κ1) is 31.7. The summed E-state index contributed by atoms with van der Waals surface area (Å²) in [5.41, 5.74) is 7.06. The number of thioether (sulfide) groups is 1. The van der Waals surface area contributed by atoms with Crippen molar-refractivity contribution in [2.45, 2.75) is 55.0 Å². The molecule has 3 aromatic carbocycles. The summed E-state index contributed by atoms with van der Waals surface area (Å²) in [5.74, 6) is -4.10. The molecular formula is C32H29F3N4O5S. The smallest absolute Gasteiger partial charge is 0.303 e.